The van der Waals surface area contributed by atoms with Crippen LogP contribution < -0.4 is 4.72 Å². The molecule has 0 saturated heterocycles. The molecule has 0 radical (unpaired) electrons. The van der Waals surface area contributed by atoms with Crippen molar-refractivity contribution in [3.05, 3.63) is 65.7 Å². The average molecular weight is 301 g/mol. The SMILES string of the molecule is O=S(=O)(NCc1ccccc1)c1ccccc1C#CCO. The molecule has 2 rings (SSSR count). The van der Waals surface area contributed by atoms with E-state index in [9.17, 15) is 8.42 Å². The molecule has 0 aliphatic heterocycles. The Labute approximate surface area is 124 Å². The van der Waals surface area contributed by atoms with Crippen LogP contribution in [-0.2, 0) is 16.6 Å². The minimum Gasteiger partial charge on any atom is -0.384 e. The molecule has 0 atom stereocenters. The molecule has 0 amide bonds. The van der Waals surface area contributed by atoms with Gasteiger partial charge in [0.05, 0.1) is 4.90 Å². The minimum absolute atomic E-state index is 0.113. The summed E-state index contributed by atoms with van der Waals surface area (Å²) in [5.74, 6) is 5.11. The third kappa shape index (κ3) is 4.17. The first-order valence-electron chi connectivity index (χ1n) is 6.36. The normalized spacial score (nSPS) is 10.7. The van der Waals surface area contributed by atoms with Crippen LogP contribution in [0.1, 0.15) is 11.1 Å². The molecular formula is C16H15NO3S. The molecule has 0 saturated carbocycles. The van der Waals surface area contributed by atoms with Gasteiger partial charge in [-0.1, -0.05) is 54.3 Å². The number of hydrogen-bond donors (Lipinski definition) is 2. The van der Waals surface area contributed by atoms with Crippen LogP contribution in [0.15, 0.2) is 59.5 Å². The maximum atomic E-state index is 12.3. The summed E-state index contributed by atoms with van der Waals surface area (Å²) in [6, 6.07) is 15.7. The van der Waals surface area contributed by atoms with Gasteiger partial charge in [0.1, 0.15) is 6.61 Å². The fourth-order valence-electron chi connectivity index (χ4n) is 1.79. The molecule has 0 aliphatic carbocycles. The smallest absolute Gasteiger partial charge is 0.242 e. The molecule has 2 aromatic carbocycles. The van der Waals surface area contributed by atoms with E-state index in [1.54, 1.807) is 18.2 Å². The number of benzene rings is 2. The lowest BCUT2D eigenvalue weighted by Gasteiger charge is -2.08. The van der Waals surface area contributed by atoms with Crippen LogP contribution in [-0.4, -0.2) is 20.1 Å². The maximum absolute atomic E-state index is 12.3. The molecule has 0 spiro atoms. The van der Waals surface area contributed by atoms with Gasteiger partial charge in [-0.2, -0.15) is 0 Å². The van der Waals surface area contributed by atoms with Gasteiger partial charge < -0.3 is 5.11 Å². The lowest BCUT2D eigenvalue weighted by molar-refractivity contribution is 0.350. The van der Waals surface area contributed by atoms with E-state index >= 15 is 0 Å². The second-order valence-electron chi connectivity index (χ2n) is 4.27. The Hall–Kier alpha value is -2.13. The molecule has 2 aromatic rings. The summed E-state index contributed by atoms with van der Waals surface area (Å²) in [7, 11) is -3.65. The van der Waals surface area contributed by atoms with Gasteiger partial charge in [0.25, 0.3) is 0 Å². The van der Waals surface area contributed by atoms with Crippen molar-refractivity contribution in [2.75, 3.05) is 6.61 Å². The molecule has 4 nitrogen and oxygen atoms in total. The summed E-state index contributed by atoms with van der Waals surface area (Å²) in [4.78, 5) is 0.113. The Morgan fingerprint density at radius 2 is 1.67 bits per heavy atom. The van der Waals surface area contributed by atoms with Crippen LogP contribution in [0.5, 0.6) is 0 Å². The molecule has 0 bridgehead atoms. The van der Waals surface area contributed by atoms with Gasteiger partial charge in [0.2, 0.25) is 10.0 Å². The van der Waals surface area contributed by atoms with Gasteiger partial charge in [-0.15, -0.1) is 0 Å². The van der Waals surface area contributed by atoms with Gasteiger partial charge in [-0.25, -0.2) is 13.1 Å². The van der Waals surface area contributed by atoms with Crippen molar-refractivity contribution in [3.8, 4) is 11.8 Å². The van der Waals surface area contributed by atoms with E-state index in [0.717, 1.165) is 5.56 Å². The van der Waals surface area contributed by atoms with Crippen LogP contribution >= 0.6 is 0 Å². The molecule has 0 heterocycles. The van der Waals surface area contributed by atoms with E-state index < -0.39 is 10.0 Å². The summed E-state index contributed by atoms with van der Waals surface area (Å²) < 4.78 is 27.2. The zero-order chi connectivity index (χ0) is 15.1. The van der Waals surface area contributed by atoms with Crippen molar-refractivity contribution in [3.63, 3.8) is 0 Å². The van der Waals surface area contributed by atoms with Gasteiger partial charge in [-0.05, 0) is 17.7 Å². The van der Waals surface area contributed by atoms with Gasteiger partial charge in [0.15, 0.2) is 0 Å². The van der Waals surface area contributed by atoms with Crippen LogP contribution in [0.3, 0.4) is 0 Å². The third-order valence-corrected chi connectivity index (χ3v) is 4.25. The summed E-state index contributed by atoms with van der Waals surface area (Å²) >= 11 is 0. The fourth-order valence-corrected chi connectivity index (χ4v) is 2.97. The largest absolute Gasteiger partial charge is 0.384 e. The minimum atomic E-state index is -3.65. The van der Waals surface area contributed by atoms with E-state index in [-0.39, 0.29) is 18.0 Å². The Bertz CT molecular complexity index is 759. The summed E-state index contributed by atoms with van der Waals surface area (Å²) in [6.07, 6.45) is 0. The third-order valence-electron chi connectivity index (χ3n) is 2.79. The molecule has 5 heteroatoms. The Balaban J connectivity index is 2.24. The van der Waals surface area contributed by atoms with Crippen molar-refractivity contribution in [1.82, 2.24) is 4.72 Å². The number of aliphatic hydroxyl groups excluding tert-OH is 1. The molecule has 108 valence electrons. The van der Waals surface area contributed by atoms with Crippen LogP contribution in [0.4, 0.5) is 0 Å². The quantitative estimate of drug-likeness (QED) is 0.841. The van der Waals surface area contributed by atoms with Crippen molar-refractivity contribution < 1.29 is 13.5 Å². The predicted molar refractivity (Wildman–Crippen MR) is 80.9 cm³/mol. The molecule has 0 aromatic heterocycles. The predicted octanol–water partition coefficient (Wildman–Crippen LogP) is 1.51. The second kappa shape index (κ2) is 7.04. The number of sulfonamides is 1. The van der Waals surface area contributed by atoms with Crippen LogP contribution in [0.25, 0.3) is 0 Å². The lowest BCUT2D eigenvalue weighted by atomic mass is 10.2. The highest BCUT2D eigenvalue weighted by Gasteiger charge is 2.16. The lowest BCUT2D eigenvalue weighted by Crippen LogP contribution is -2.24. The first-order chi connectivity index (χ1) is 10.1. The van der Waals surface area contributed by atoms with E-state index in [2.05, 4.69) is 16.6 Å². The monoisotopic (exact) mass is 301 g/mol. The Kier molecular flexibility index (Phi) is 5.12. The number of rotatable bonds is 4. The molecule has 0 unspecified atom stereocenters. The van der Waals surface area contributed by atoms with Gasteiger partial charge in [0, 0.05) is 12.1 Å². The maximum Gasteiger partial charge on any atom is 0.242 e. The highest BCUT2D eigenvalue weighted by atomic mass is 32.2. The molecule has 0 aliphatic rings. The topological polar surface area (TPSA) is 66.4 Å². The average Bonchev–Trinajstić information content (AvgIpc) is 2.52. The number of hydrogen-bond acceptors (Lipinski definition) is 3. The first-order valence-corrected chi connectivity index (χ1v) is 7.84. The summed E-state index contributed by atoms with van der Waals surface area (Å²) in [5, 5.41) is 8.73. The van der Waals surface area contributed by atoms with Crippen LogP contribution in [0.2, 0.25) is 0 Å². The zero-order valence-electron chi connectivity index (χ0n) is 11.3. The van der Waals surface area contributed by atoms with E-state index in [1.165, 1.54) is 6.07 Å². The van der Waals surface area contributed by atoms with Crippen molar-refractivity contribution in [2.24, 2.45) is 0 Å². The standard InChI is InChI=1S/C16H15NO3S/c18-12-6-10-15-9-4-5-11-16(15)21(19,20)17-13-14-7-2-1-3-8-14/h1-5,7-9,11,17-18H,12-13H2. The van der Waals surface area contributed by atoms with Crippen LogP contribution in [0, 0.1) is 11.8 Å². The molecular weight excluding hydrogens is 286 g/mol. The van der Waals surface area contributed by atoms with E-state index in [4.69, 9.17) is 5.11 Å². The summed E-state index contributed by atoms with van der Waals surface area (Å²) in [6.45, 7) is -0.100. The van der Waals surface area contributed by atoms with Crippen molar-refractivity contribution >= 4 is 10.0 Å². The molecule has 0 fully saturated rings. The second-order valence-corrected chi connectivity index (χ2v) is 6.00. The first kappa shape index (κ1) is 15.3. The van der Waals surface area contributed by atoms with Gasteiger partial charge in [-0.3, -0.25) is 0 Å². The zero-order valence-corrected chi connectivity index (χ0v) is 12.1. The van der Waals surface area contributed by atoms with Gasteiger partial charge >= 0.3 is 0 Å². The summed E-state index contributed by atoms with van der Waals surface area (Å²) in [5.41, 5.74) is 1.24. The Morgan fingerprint density at radius 1 is 1.00 bits per heavy atom. The number of aliphatic hydroxyl groups is 1. The molecule has 2 N–H and O–H groups in total. The highest BCUT2D eigenvalue weighted by molar-refractivity contribution is 7.89. The highest BCUT2D eigenvalue weighted by Crippen LogP contribution is 2.14. The number of nitrogens with one attached hydrogen (secondary N) is 1. The van der Waals surface area contributed by atoms with Crippen molar-refractivity contribution in [1.29, 1.82) is 0 Å². The van der Waals surface area contributed by atoms with E-state index in [1.807, 2.05) is 30.3 Å². The van der Waals surface area contributed by atoms with E-state index in [0.29, 0.717) is 5.56 Å². The fraction of sp³-hybridized carbons (Fsp3) is 0.125. The van der Waals surface area contributed by atoms with Crippen molar-refractivity contribution in [2.45, 2.75) is 11.4 Å². The Morgan fingerprint density at radius 3 is 2.38 bits per heavy atom. The molecule has 21 heavy (non-hydrogen) atoms.